The first-order chi connectivity index (χ1) is 8.74. The third kappa shape index (κ3) is 2.69. The average Bonchev–Trinajstić information content (AvgIpc) is 2.47. The molecule has 4 heteroatoms. The summed E-state index contributed by atoms with van der Waals surface area (Å²) in [7, 11) is 0. The molecule has 0 spiro atoms. The Morgan fingerprint density at radius 1 is 0.889 bits per heavy atom. The minimum atomic E-state index is -0.175. The largest absolute Gasteiger partial charge is 0.303 e. The summed E-state index contributed by atoms with van der Waals surface area (Å²) in [5, 5.41) is 9.65. The fourth-order valence-corrected chi connectivity index (χ4v) is 3.23. The molecule has 0 aromatic rings. The highest BCUT2D eigenvalue weighted by atomic mass is 15.3. The molecule has 0 atom stereocenters. The van der Waals surface area contributed by atoms with Gasteiger partial charge in [-0.2, -0.15) is 5.26 Å². The highest BCUT2D eigenvalue weighted by Gasteiger charge is 2.40. The van der Waals surface area contributed by atoms with E-state index in [0.29, 0.717) is 0 Å². The van der Waals surface area contributed by atoms with E-state index in [4.69, 9.17) is 0 Å². The quantitative estimate of drug-likeness (QED) is 0.748. The van der Waals surface area contributed by atoms with Crippen molar-refractivity contribution in [2.75, 3.05) is 52.4 Å². The molecule has 2 rings (SSSR count). The van der Waals surface area contributed by atoms with Gasteiger partial charge in [-0.25, -0.2) is 0 Å². The summed E-state index contributed by atoms with van der Waals surface area (Å²) >= 11 is 0. The molecule has 18 heavy (non-hydrogen) atoms. The van der Waals surface area contributed by atoms with Crippen LogP contribution in [0.4, 0.5) is 0 Å². The second-order valence-corrected chi connectivity index (χ2v) is 5.50. The van der Waals surface area contributed by atoms with E-state index < -0.39 is 0 Å². The number of hydrogen-bond acceptors (Lipinski definition) is 4. The molecule has 0 radical (unpaired) electrons. The number of piperidine rings is 1. The van der Waals surface area contributed by atoms with Gasteiger partial charge in [0, 0.05) is 39.3 Å². The summed E-state index contributed by atoms with van der Waals surface area (Å²) in [6.45, 7) is 13.2. The zero-order chi connectivity index (χ0) is 13.0. The molecule has 2 heterocycles. The Balaban J connectivity index is 1.95. The standard InChI is InChI=1S/C14H26N4/c1-3-16-7-5-14(13-15,6-8-16)18-11-9-17(4-2)10-12-18/h3-12H2,1-2H3. The summed E-state index contributed by atoms with van der Waals surface area (Å²) < 4.78 is 0. The van der Waals surface area contributed by atoms with Crippen molar-refractivity contribution in [1.29, 1.82) is 5.26 Å². The SMILES string of the molecule is CCN1CCN(C2(C#N)CCN(CC)CC2)CC1. The highest BCUT2D eigenvalue weighted by Crippen LogP contribution is 2.29. The minimum absolute atomic E-state index is 0.175. The van der Waals surface area contributed by atoms with Crippen LogP contribution in [-0.4, -0.2) is 72.6 Å². The van der Waals surface area contributed by atoms with E-state index in [2.05, 4.69) is 34.6 Å². The molecule has 0 bridgehead atoms. The van der Waals surface area contributed by atoms with E-state index in [9.17, 15) is 5.26 Å². The zero-order valence-electron chi connectivity index (χ0n) is 11.9. The molecule has 0 aromatic heterocycles. The number of nitriles is 1. The van der Waals surface area contributed by atoms with E-state index in [-0.39, 0.29) is 5.54 Å². The van der Waals surface area contributed by atoms with E-state index in [1.807, 2.05) is 0 Å². The van der Waals surface area contributed by atoms with Crippen LogP contribution in [0, 0.1) is 11.3 Å². The van der Waals surface area contributed by atoms with Gasteiger partial charge >= 0.3 is 0 Å². The van der Waals surface area contributed by atoms with Crippen molar-refractivity contribution in [3.63, 3.8) is 0 Å². The van der Waals surface area contributed by atoms with Crippen LogP contribution in [0.25, 0.3) is 0 Å². The van der Waals surface area contributed by atoms with Crippen molar-refractivity contribution >= 4 is 0 Å². The second kappa shape index (κ2) is 6.01. The molecule has 0 saturated carbocycles. The number of nitrogens with zero attached hydrogens (tertiary/aromatic N) is 4. The van der Waals surface area contributed by atoms with Crippen LogP contribution >= 0.6 is 0 Å². The lowest BCUT2D eigenvalue weighted by Crippen LogP contribution is -2.60. The van der Waals surface area contributed by atoms with E-state index in [1.165, 1.54) is 0 Å². The summed E-state index contributed by atoms with van der Waals surface area (Å²) in [5.41, 5.74) is -0.175. The molecule has 0 amide bonds. The zero-order valence-corrected chi connectivity index (χ0v) is 11.9. The van der Waals surface area contributed by atoms with Crippen LogP contribution < -0.4 is 0 Å². The number of piperazine rings is 1. The Morgan fingerprint density at radius 2 is 1.39 bits per heavy atom. The Bertz CT molecular complexity index is 293. The van der Waals surface area contributed by atoms with Crippen LogP contribution in [0.1, 0.15) is 26.7 Å². The van der Waals surface area contributed by atoms with Crippen molar-refractivity contribution in [3.05, 3.63) is 0 Å². The topological polar surface area (TPSA) is 33.5 Å². The Kier molecular flexibility index (Phi) is 4.60. The van der Waals surface area contributed by atoms with Crippen molar-refractivity contribution in [1.82, 2.24) is 14.7 Å². The smallest absolute Gasteiger partial charge is 0.111 e. The van der Waals surface area contributed by atoms with E-state index >= 15 is 0 Å². The minimum Gasteiger partial charge on any atom is -0.303 e. The maximum absolute atomic E-state index is 9.65. The van der Waals surface area contributed by atoms with Crippen LogP contribution in [0.2, 0.25) is 0 Å². The van der Waals surface area contributed by atoms with Crippen molar-refractivity contribution in [3.8, 4) is 6.07 Å². The van der Waals surface area contributed by atoms with Gasteiger partial charge in [-0.3, -0.25) is 4.90 Å². The number of hydrogen-bond donors (Lipinski definition) is 0. The van der Waals surface area contributed by atoms with Crippen LogP contribution in [0.5, 0.6) is 0 Å². The maximum Gasteiger partial charge on any atom is 0.111 e. The van der Waals surface area contributed by atoms with Gasteiger partial charge < -0.3 is 9.80 Å². The molecule has 2 fully saturated rings. The second-order valence-electron chi connectivity index (χ2n) is 5.50. The number of likely N-dealkylation sites (N-methyl/N-ethyl adjacent to an activating group) is 1. The summed E-state index contributed by atoms with van der Waals surface area (Å²) in [4.78, 5) is 7.38. The monoisotopic (exact) mass is 250 g/mol. The van der Waals surface area contributed by atoms with Crippen molar-refractivity contribution < 1.29 is 0 Å². The molecular formula is C14H26N4. The maximum atomic E-state index is 9.65. The van der Waals surface area contributed by atoms with Crippen LogP contribution in [0.15, 0.2) is 0 Å². The lowest BCUT2D eigenvalue weighted by atomic mass is 9.86. The summed E-state index contributed by atoms with van der Waals surface area (Å²) in [6, 6.07) is 2.65. The Labute approximate surface area is 111 Å². The molecule has 2 aliphatic rings. The van der Waals surface area contributed by atoms with Gasteiger partial charge in [0.1, 0.15) is 5.54 Å². The van der Waals surface area contributed by atoms with Gasteiger partial charge in [-0.1, -0.05) is 13.8 Å². The van der Waals surface area contributed by atoms with Crippen molar-refractivity contribution in [2.45, 2.75) is 32.2 Å². The fourth-order valence-electron chi connectivity index (χ4n) is 3.23. The van der Waals surface area contributed by atoms with Gasteiger partial charge in [0.05, 0.1) is 6.07 Å². The summed E-state index contributed by atoms with van der Waals surface area (Å²) in [6.07, 6.45) is 2.03. The average molecular weight is 250 g/mol. The predicted molar refractivity (Wildman–Crippen MR) is 73.4 cm³/mol. The molecule has 2 saturated heterocycles. The van der Waals surface area contributed by atoms with E-state index in [1.54, 1.807) is 0 Å². The van der Waals surface area contributed by atoms with Crippen molar-refractivity contribution in [2.24, 2.45) is 0 Å². The number of rotatable bonds is 3. The number of likely N-dealkylation sites (tertiary alicyclic amines) is 1. The Morgan fingerprint density at radius 3 is 1.83 bits per heavy atom. The molecule has 0 N–H and O–H groups in total. The van der Waals surface area contributed by atoms with Gasteiger partial charge in [0.25, 0.3) is 0 Å². The van der Waals surface area contributed by atoms with Gasteiger partial charge in [0.15, 0.2) is 0 Å². The first-order valence-corrected chi connectivity index (χ1v) is 7.35. The molecule has 4 nitrogen and oxygen atoms in total. The van der Waals surface area contributed by atoms with Gasteiger partial charge in [0.2, 0.25) is 0 Å². The third-order valence-electron chi connectivity index (χ3n) is 4.76. The highest BCUT2D eigenvalue weighted by molar-refractivity contribution is 5.11. The fraction of sp³-hybridized carbons (Fsp3) is 0.929. The van der Waals surface area contributed by atoms with Gasteiger partial charge in [-0.05, 0) is 25.9 Å². The lowest BCUT2D eigenvalue weighted by Gasteiger charge is -2.47. The predicted octanol–water partition coefficient (Wildman–Crippen LogP) is 1.00. The lowest BCUT2D eigenvalue weighted by molar-refractivity contribution is 0.0241. The molecule has 0 aromatic carbocycles. The molecule has 0 unspecified atom stereocenters. The molecule has 2 aliphatic heterocycles. The van der Waals surface area contributed by atoms with Gasteiger partial charge in [-0.15, -0.1) is 0 Å². The Hall–Kier alpha value is -0.630. The molecular weight excluding hydrogens is 224 g/mol. The van der Waals surface area contributed by atoms with E-state index in [0.717, 1.165) is 65.2 Å². The molecule has 0 aliphatic carbocycles. The van der Waals surface area contributed by atoms with Crippen LogP contribution in [0.3, 0.4) is 0 Å². The first-order valence-electron chi connectivity index (χ1n) is 7.35. The first kappa shape index (κ1) is 13.8. The molecule has 102 valence electrons. The normalized spacial score (nSPS) is 26.9. The third-order valence-corrected chi connectivity index (χ3v) is 4.76. The van der Waals surface area contributed by atoms with Crippen LogP contribution in [-0.2, 0) is 0 Å². The summed E-state index contributed by atoms with van der Waals surface area (Å²) in [5.74, 6) is 0.